The van der Waals surface area contributed by atoms with Gasteiger partial charge in [-0.2, -0.15) is 0 Å². The number of nitrogens with zero attached hydrogens (tertiary/aromatic N) is 1. The predicted molar refractivity (Wildman–Crippen MR) is 82.2 cm³/mol. The van der Waals surface area contributed by atoms with Gasteiger partial charge in [-0.3, -0.25) is 4.79 Å². The van der Waals surface area contributed by atoms with Gasteiger partial charge in [-0.25, -0.2) is 4.39 Å². The fourth-order valence-corrected chi connectivity index (χ4v) is 2.74. The SMILES string of the molecule is C[C@H]1CN(C(=O)c2ccc(CN)o2)C[C@H](c2ccc(F)cc2)O1. The molecule has 1 fully saturated rings. The third kappa shape index (κ3) is 3.43. The number of hydrogen-bond donors (Lipinski definition) is 1. The first kappa shape index (κ1) is 15.7. The standard InChI is InChI=1S/C17H19FN2O3/c1-11-9-20(17(21)15-7-6-14(8-19)23-15)10-16(22-11)12-2-4-13(18)5-3-12/h2-7,11,16H,8-10,19H2,1H3/t11-,16+/m0/s1. The molecular weight excluding hydrogens is 299 g/mol. The van der Waals surface area contributed by atoms with E-state index in [1.165, 1.54) is 12.1 Å². The van der Waals surface area contributed by atoms with Crippen LogP contribution in [0.5, 0.6) is 0 Å². The van der Waals surface area contributed by atoms with Gasteiger partial charge in [0.1, 0.15) is 17.7 Å². The second-order valence-electron chi connectivity index (χ2n) is 5.67. The number of ether oxygens (including phenoxy) is 1. The number of halogens is 1. The van der Waals surface area contributed by atoms with Crippen LogP contribution in [0.4, 0.5) is 4.39 Å². The molecule has 0 saturated carbocycles. The molecule has 1 aliphatic heterocycles. The zero-order valence-electron chi connectivity index (χ0n) is 12.9. The van der Waals surface area contributed by atoms with Crippen LogP contribution in [0.15, 0.2) is 40.8 Å². The first-order chi connectivity index (χ1) is 11.1. The van der Waals surface area contributed by atoms with E-state index >= 15 is 0 Å². The van der Waals surface area contributed by atoms with Gasteiger partial charge in [-0.05, 0) is 36.8 Å². The predicted octanol–water partition coefficient (Wildman–Crippen LogP) is 2.48. The second kappa shape index (κ2) is 6.52. The molecule has 2 atom stereocenters. The highest BCUT2D eigenvalue weighted by atomic mass is 19.1. The van der Waals surface area contributed by atoms with Crippen LogP contribution in [0, 0.1) is 5.82 Å². The molecule has 0 aliphatic carbocycles. The van der Waals surface area contributed by atoms with Crippen LogP contribution in [0.25, 0.3) is 0 Å². The van der Waals surface area contributed by atoms with Gasteiger partial charge in [0.15, 0.2) is 5.76 Å². The van der Waals surface area contributed by atoms with Gasteiger partial charge in [-0.1, -0.05) is 12.1 Å². The molecule has 0 spiro atoms. The Morgan fingerprint density at radius 3 is 2.65 bits per heavy atom. The minimum Gasteiger partial charge on any atom is -0.455 e. The zero-order chi connectivity index (χ0) is 16.4. The number of benzene rings is 1. The van der Waals surface area contributed by atoms with Crippen molar-refractivity contribution in [1.82, 2.24) is 4.90 Å². The van der Waals surface area contributed by atoms with Crippen LogP contribution >= 0.6 is 0 Å². The molecule has 6 heteroatoms. The summed E-state index contributed by atoms with van der Waals surface area (Å²) in [5, 5.41) is 0. The minimum atomic E-state index is -0.296. The number of hydrogen-bond acceptors (Lipinski definition) is 4. The Balaban J connectivity index is 1.77. The number of furan rings is 1. The van der Waals surface area contributed by atoms with Crippen molar-refractivity contribution in [3.63, 3.8) is 0 Å². The van der Waals surface area contributed by atoms with Crippen molar-refractivity contribution >= 4 is 5.91 Å². The summed E-state index contributed by atoms with van der Waals surface area (Å²) in [6.45, 7) is 3.04. The van der Waals surface area contributed by atoms with Crippen LogP contribution < -0.4 is 5.73 Å². The van der Waals surface area contributed by atoms with E-state index in [0.29, 0.717) is 18.8 Å². The summed E-state index contributed by atoms with van der Waals surface area (Å²) >= 11 is 0. The van der Waals surface area contributed by atoms with Crippen LogP contribution in [0.3, 0.4) is 0 Å². The van der Waals surface area contributed by atoms with Crippen LogP contribution in [0.1, 0.15) is 34.9 Å². The lowest BCUT2D eigenvalue weighted by Crippen LogP contribution is -2.45. The maximum atomic E-state index is 13.1. The van der Waals surface area contributed by atoms with E-state index in [1.54, 1.807) is 29.2 Å². The largest absolute Gasteiger partial charge is 0.455 e. The lowest BCUT2D eigenvalue weighted by Gasteiger charge is -2.36. The number of rotatable bonds is 3. The van der Waals surface area contributed by atoms with Gasteiger partial charge >= 0.3 is 0 Å². The lowest BCUT2D eigenvalue weighted by molar-refractivity contribution is -0.0697. The fraction of sp³-hybridized carbons (Fsp3) is 0.353. The number of carbonyl (C=O) groups is 1. The molecule has 2 aromatic rings. The summed E-state index contributed by atoms with van der Waals surface area (Å²) in [5.74, 6) is 0.365. The Hall–Kier alpha value is -2.18. The van der Waals surface area contributed by atoms with Crippen LogP contribution in [-0.2, 0) is 11.3 Å². The van der Waals surface area contributed by atoms with Crippen molar-refractivity contribution in [3.8, 4) is 0 Å². The average molecular weight is 318 g/mol. The highest BCUT2D eigenvalue weighted by molar-refractivity contribution is 5.91. The number of nitrogens with two attached hydrogens (primary N) is 1. The highest BCUT2D eigenvalue weighted by Crippen LogP contribution is 2.26. The zero-order valence-corrected chi connectivity index (χ0v) is 12.9. The normalized spacial score (nSPS) is 21.4. The molecule has 5 nitrogen and oxygen atoms in total. The van der Waals surface area contributed by atoms with Gasteiger partial charge < -0.3 is 19.8 Å². The molecule has 1 saturated heterocycles. The van der Waals surface area contributed by atoms with Gasteiger partial charge in [0.2, 0.25) is 0 Å². The smallest absolute Gasteiger partial charge is 0.289 e. The van der Waals surface area contributed by atoms with E-state index in [9.17, 15) is 9.18 Å². The molecule has 1 aromatic heterocycles. The summed E-state index contributed by atoms with van der Waals surface area (Å²) in [5.41, 5.74) is 6.35. The quantitative estimate of drug-likeness (QED) is 0.944. The molecule has 0 bridgehead atoms. The van der Waals surface area contributed by atoms with Crippen LogP contribution in [0.2, 0.25) is 0 Å². The van der Waals surface area contributed by atoms with E-state index in [1.807, 2.05) is 6.92 Å². The third-order valence-corrected chi connectivity index (χ3v) is 3.86. The first-order valence-electron chi connectivity index (χ1n) is 7.56. The molecule has 23 heavy (non-hydrogen) atoms. The molecule has 1 amide bonds. The molecular formula is C17H19FN2O3. The Labute approximate surface area is 133 Å². The summed E-state index contributed by atoms with van der Waals surface area (Å²) in [4.78, 5) is 14.3. The Morgan fingerprint density at radius 2 is 2.00 bits per heavy atom. The van der Waals surface area contributed by atoms with E-state index in [2.05, 4.69) is 0 Å². The monoisotopic (exact) mass is 318 g/mol. The summed E-state index contributed by atoms with van der Waals surface area (Å²) in [6.07, 6.45) is -0.404. The molecule has 0 radical (unpaired) electrons. The van der Waals surface area contributed by atoms with Gasteiger partial charge in [-0.15, -0.1) is 0 Å². The van der Waals surface area contributed by atoms with Crippen LogP contribution in [-0.4, -0.2) is 30.0 Å². The first-order valence-corrected chi connectivity index (χ1v) is 7.56. The Bertz CT molecular complexity index is 683. The average Bonchev–Trinajstić information content (AvgIpc) is 3.03. The maximum absolute atomic E-state index is 13.1. The van der Waals surface area contributed by atoms with Crippen molar-refractivity contribution in [1.29, 1.82) is 0 Å². The van der Waals surface area contributed by atoms with Gasteiger partial charge in [0.05, 0.1) is 19.2 Å². The molecule has 122 valence electrons. The van der Waals surface area contributed by atoms with E-state index in [4.69, 9.17) is 14.9 Å². The molecule has 1 aliphatic rings. The second-order valence-corrected chi connectivity index (χ2v) is 5.67. The number of amides is 1. The molecule has 3 rings (SSSR count). The van der Waals surface area contributed by atoms with Crippen molar-refractivity contribution in [2.45, 2.75) is 25.7 Å². The van der Waals surface area contributed by atoms with E-state index in [0.717, 1.165) is 5.56 Å². The van der Waals surface area contributed by atoms with E-state index < -0.39 is 0 Å². The minimum absolute atomic E-state index is 0.119. The van der Waals surface area contributed by atoms with Crippen molar-refractivity contribution < 1.29 is 18.3 Å². The summed E-state index contributed by atoms with van der Waals surface area (Å²) in [6, 6.07) is 9.49. The van der Waals surface area contributed by atoms with Crippen molar-refractivity contribution in [2.75, 3.05) is 13.1 Å². The van der Waals surface area contributed by atoms with Gasteiger partial charge in [0.25, 0.3) is 5.91 Å². The summed E-state index contributed by atoms with van der Waals surface area (Å²) < 4.78 is 24.4. The number of carbonyl (C=O) groups excluding carboxylic acids is 1. The molecule has 0 unspecified atom stereocenters. The summed E-state index contributed by atoms with van der Waals surface area (Å²) in [7, 11) is 0. The highest BCUT2D eigenvalue weighted by Gasteiger charge is 2.31. The Kier molecular flexibility index (Phi) is 4.45. The Morgan fingerprint density at radius 1 is 1.26 bits per heavy atom. The van der Waals surface area contributed by atoms with E-state index in [-0.39, 0.29) is 36.2 Å². The maximum Gasteiger partial charge on any atom is 0.289 e. The fourth-order valence-electron chi connectivity index (χ4n) is 2.74. The molecule has 1 aromatic carbocycles. The van der Waals surface area contributed by atoms with Crippen molar-refractivity contribution in [2.24, 2.45) is 5.73 Å². The van der Waals surface area contributed by atoms with Gasteiger partial charge in [0, 0.05) is 6.54 Å². The van der Waals surface area contributed by atoms with Crippen molar-refractivity contribution in [3.05, 3.63) is 59.3 Å². The third-order valence-electron chi connectivity index (χ3n) is 3.86. The number of morpholine rings is 1. The molecule has 2 N–H and O–H groups in total. The molecule has 2 heterocycles. The topological polar surface area (TPSA) is 68.7 Å². The lowest BCUT2D eigenvalue weighted by atomic mass is 10.1.